The van der Waals surface area contributed by atoms with Gasteiger partial charge < -0.3 is 14.9 Å². The molecule has 2 aromatic heterocycles. The van der Waals surface area contributed by atoms with E-state index in [4.69, 9.17) is 4.74 Å². The molecule has 13 heteroatoms. The third-order valence-corrected chi connectivity index (χ3v) is 3.25. The lowest BCUT2D eigenvalue weighted by Crippen LogP contribution is -2.30. The molecule has 1 fully saturated rings. The lowest BCUT2D eigenvalue weighted by atomic mass is 10.3. The van der Waals surface area contributed by atoms with Gasteiger partial charge in [0.2, 0.25) is 6.23 Å². The van der Waals surface area contributed by atoms with Crippen molar-refractivity contribution in [3.63, 3.8) is 0 Å². The van der Waals surface area contributed by atoms with Crippen molar-refractivity contribution in [1.29, 1.82) is 0 Å². The molecule has 0 spiro atoms. The Morgan fingerprint density at radius 1 is 1.40 bits per heavy atom. The Labute approximate surface area is 136 Å². The number of amides is 1. The summed E-state index contributed by atoms with van der Waals surface area (Å²) < 4.78 is 45.2. The number of halogens is 3. The van der Waals surface area contributed by atoms with Gasteiger partial charge in [-0.3, -0.25) is 0 Å². The quantitative estimate of drug-likeness (QED) is 0.657. The molecule has 10 nitrogen and oxygen atoms in total. The van der Waals surface area contributed by atoms with Crippen LogP contribution in [-0.2, 0) is 10.9 Å². The average molecular weight is 358 g/mol. The van der Waals surface area contributed by atoms with Crippen molar-refractivity contribution >= 4 is 11.9 Å². The highest BCUT2D eigenvalue weighted by atomic mass is 19.4. The van der Waals surface area contributed by atoms with E-state index >= 15 is 0 Å². The van der Waals surface area contributed by atoms with Crippen molar-refractivity contribution in [2.45, 2.75) is 12.4 Å². The number of nitrogens with one attached hydrogen (secondary N) is 1. The van der Waals surface area contributed by atoms with Crippen LogP contribution in [0.25, 0.3) is 5.69 Å². The molecule has 0 saturated carbocycles. The van der Waals surface area contributed by atoms with E-state index in [0.717, 1.165) is 23.3 Å². The monoisotopic (exact) mass is 358 g/mol. The van der Waals surface area contributed by atoms with Crippen LogP contribution in [-0.4, -0.2) is 37.8 Å². The predicted octanol–water partition coefficient (Wildman–Crippen LogP) is 1.78. The molecule has 1 saturated heterocycles. The number of nitro groups is 1. The molecule has 1 atom stereocenters. The summed E-state index contributed by atoms with van der Waals surface area (Å²) in [7, 11) is 1.34. The summed E-state index contributed by atoms with van der Waals surface area (Å²) in [6.45, 7) is 0. The van der Waals surface area contributed by atoms with Gasteiger partial charge in [0, 0.05) is 13.1 Å². The van der Waals surface area contributed by atoms with E-state index in [2.05, 4.69) is 15.5 Å². The van der Waals surface area contributed by atoms with Crippen LogP contribution in [0, 0.1) is 10.1 Å². The maximum absolute atomic E-state index is 13.3. The Kier molecular flexibility index (Phi) is 3.79. The van der Waals surface area contributed by atoms with Gasteiger partial charge in [-0.05, 0) is 22.0 Å². The minimum atomic E-state index is -4.76. The van der Waals surface area contributed by atoms with Gasteiger partial charge in [0.1, 0.15) is 17.1 Å². The van der Waals surface area contributed by atoms with Gasteiger partial charge >= 0.3 is 18.1 Å². The predicted molar refractivity (Wildman–Crippen MR) is 73.1 cm³/mol. The van der Waals surface area contributed by atoms with E-state index in [1.807, 2.05) is 0 Å². The molecule has 0 radical (unpaired) electrons. The number of carbonyl (C=O) groups is 1. The van der Waals surface area contributed by atoms with Gasteiger partial charge in [0.05, 0.1) is 0 Å². The van der Waals surface area contributed by atoms with Crippen molar-refractivity contribution in [3.05, 3.63) is 45.9 Å². The van der Waals surface area contributed by atoms with Crippen LogP contribution in [0.2, 0.25) is 0 Å². The van der Waals surface area contributed by atoms with Gasteiger partial charge in [-0.1, -0.05) is 0 Å². The van der Waals surface area contributed by atoms with Gasteiger partial charge in [0.15, 0.2) is 6.20 Å². The molecular weight excluding hydrogens is 349 g/mol. The molecule has 132 valence electrons. The molecular formula is C12H9F3N6O4. The van der Waals surface area contributed by atoms with Gasteiger partial charge in [-0.2, -0.15) is 23.7 Å². The van der Waals surface area contributed by atoms with E-state index < -0.39 is 34.9 Å². The zero-order valence-electron chi connectivity index (χ0n) is 12.4. The topological polar surface area (TPSA) is 115 Å². The number of hydrogen-bond acceptors (Lipinski definition) is 7. The van der Waals surface area contributed by atoms with E-state index in [9.17, 15) is 28.1 Å². The van der Waals surface area contributed by atoms with Crippen LogP contribution in [0.3, 0.4) is 0 Å². The molecule has 1 unspecified atom stereocenters. The van der Waals surface area contributed by atoms with E-state index in [-0.39, 0.29) is 11.4 Å². The molecule has 3 rings (SSSR count). The van der Waals surface area contributed by atoms with E-state index in [0.29, 0.717) is 10.7 Å². The molecule has 3 heterocycles. The van der Waals surface area contributed by atoms with Crippen LogP contribution < -0.4 is 5.43 Å². The number of carbonyl (C=O) groups excluding carboxylic acids is 1. The number of hydrazine groups is 1. The molecule has 25 heavy (non-hydrogen) atoms. The summed E-state index contributed by atoms with van der Waals surface area (Å²) >= 11 is 0. The molecule has 0 bridgehead atoms. The number of nitrogens with zero attached hydrogens (tertiary/aromatic N) is 5. The zero-order chi connectivity index (χ0) is 18.4. The SMILES string of the molecule is CN1NC(c2cc(C(F)(F)F)n(-c3ccc([N+](=O)[O-])nc3)n2)OC1=O. The van der Waals surface area contributed by atoms with Crippen molar-refractivity contribution in [2.24, 2.45) is 0 Å². The maximum Gasteiger partial charge on any atom is 0.433 e. The number of rotatable bonds is 3. The summed E-state index contributed by atoms with van der Waals surface area (Å²) in [6.07, 6.45) is -5.83. The highest BCUT2D eigenvalue weighted by Gasteiger charge is 2.39. The Morgan fingerprint density at radius 3 is 2.60 bits per heavy atom. The molecule has 0 aromatic carbocycles. The van der Waals surface area contributed by atoms with Crippen molar-refractivity contribution < 1.29 is 27.6 Å². The van der Waals surface area contributed by atoms with Crippen molar-refractivity contribution in [2.75, 3.05) is 7.05 Å². The maximum atomic E-state index is 13.3. The van der Waals surface area contributed by atoms with Crippen molar-refractivity contribution in [3.8, 4) is 5.69 Å². The van der Waals surface area contributed by atoms with Crippen molar-refractivity contribution in [1.82, 2.24) is 25.2 Å². The largest absolute Gasteiger partial charge is 0.433 e. The fraction of sp³-hybridized carbons (Fsp3) is 0.250. The average Bonchev–Trinajstić information content (AvgIpc) is 3.12. The van der Waals surface area contributed by atoms with E-state index in [1.54, 1.807) is 0 Å². The smallest absolute Gasteiger partial charge is 0.422 e. The standard InChI is InChI=1S/C12H9F3N6O4/c1-19-11(22)25-10(18-19)7-4-8(12(13,14)15)20(17-7)6-2-3-9(16-5-6)21(23)24/h2-5,10,18H,1H3. The van der Waals surface area contributed by atoms with Gasteiger partial charge in [-0.25, -0.2) is 14.5 Å². The number of hydrogen-bond donors (Lipinski definition) is 1. The molecule has 1 N–H and O–H groups in total. The summed E-state index contributed by atoms with van der Waals surface area (Å²) in [6, 6.07) is 2.75. The first-order valence-corrected chi connectivity index (χ1v) is 6.65. The minimum Gasteiger partial charge on any atom is -0.422 e. The number of cyclic esters (lactones) is 1. The first-order valence-electron chi connectivity index (χ1n) is 6.65. The second-order valence-electron chi connectivity index (χ2n) is 4.95. The lowest BCUT2D eigenvalue weighted by Gasteiger charge is -2.08. The number of aromatic nitrogens is 3. The van der Waals surface area contributed by atoms with Gasteiger partial charge in [0.25, 0.3) is 0 Å². The van der Waals surface area contributed by atoms with Crippen LogP contribution >= 0.6 is 0 Å². The fourth-order valence-corrected chi connectivity index (χ4v) is 2.10. The zero-order valence-corrected chi connectivity index (χ0v) is 12.4. The highest BCUT2D eigenvalue weighted by molar-refractivity contribution is 5.68. The molecule has 2 aromatic rings. The summed E-state index contributed by atoms with van der Waals surface area (Å²) in [5.74, 6) is -0.516. The Bertz CT molecular complexity index is 834. The summed E-state index contributed by atoms with van der Waals surface area (Å²) in [4.78, 5) is 24.6. The molecule has 1 aliphatic heterocycles. The number of ether oxygens (including phenoxy) is 1. The minimum absolute atomic E-state index is 0.137. The molecule has 0 aliphatic carbocycles. The van der Waals surface area contributed by atoms with Crippen LogP contribution in [0.4, 0.5) is 23.8 Å². The lowest BCUT2D eigenvalue weighted by molar-refractivity contribution is -0.389. The Balaban J connectivity index is 2.03. The first-order chi connectivity index (χ1) is 11.7. The number of pyridine rings is 1. The summed E-state index contributed by atoms with van der Waals surface area (Å²) in [5.41, 5.74) is 1.02. The normalized spacial score (nSPS) is 17.7. The van der Waals surface area contributed by atoms with Crippen LogP contribution in [0.5, 0.6) is 0 Å². The first kappa shape index (κ1) is 16.6. The van der Waals surface area contributed by atoms with E-state index in [1.165, 1.54) is 7.05 Å². The van der Waals surface area contributed by atoms with Crippen LogP contribution in [0.15, 0.2) is 24.4 Å². The molecule has 1 aliphatic rings. The highest BCUT2D eigenvalue weighted by Crippen LogP contribution is 2.33. The Hall–Kier alpha value is -3.22. The second-order valence-corrected chi connectivity index (χ2v) is 4.95. The second kappa shape index (κ2) is 5.70. The number of alkyl halides is 3. The van der Waals surface area contributed by atoms with Gasteiger partial charge in [-0.15, -0.1) is 0 Å². The Morgan fingerprint density at radius 2 is 2.12 bits per heavy atom. The fourth-order valence-electron chi connectivity index (χ4n) is 2.10. The van der Waals surface area contributed by atoms with Crippen LogP contribution in [0.1, 0.15) is 17.6 Å². The molecule has 1 amide bonds. The third-order valence-electron chi connectivity index (χ3n) is 3.25. The third kappa shape index (κ3) is 3.08. The summed E-state index contributed by atoms with van der Waals surface area (Å²) in [5, 5.41) is 15.3.